The maximum Gasteiger partial charge on any atom is 0.191 e. The van der Waals surface area contributed by atoms with Gasteiger partial charge in [-0.3, -0.25) is 0 Å². The van der Waals surface area contributed by atoms with E-state index in [1.807, 2.05) is 18.2 Å². The van der Waals surface area contributed by atoms with E-state index in [9.17, 15) is 24.6 Å². The second kappa shape index (κ2) is 7.02. The zero-order chi connectivity index (χ0) is 21.6. The zero-order valence-electron chi connectivity index (χ0n) is 16.6. The van der Waals surface area contributed by atoms with E-state index in [-0.39, 0.29) is 28.2 Å². The Morgan fingerprint density at radius 1 is 1.14 bits per heavy atom. The maximum absolute atomic E-state index is 14.8. The summed E-state index contributed by atoms with van der Waals surface area (Å²) in [4.78, 5) is 0. The molecule has 0 bridgehead atoms. The van der Waals surface area contributed by atoms with Crippen LogP contribution in [0.3, 0.4) is 0 Å². The summed E-state index contributed by atoms with van der Waals surface area (Å²) in [6.45, 7) is 6.30. The van der Waals surface area contributed by atoms with E-state index in [1.54, 1.807) is 0 Å². The largest absolute Gasteiger partial charge is 0.399 e. The molecule has 3 rings (SSSR count). The van der Waals surface area contributed by atoms with Crippen LogP contribution in [0.5, 0.6) is 0 Å². The molecule has 0 saturated heterocycles. The summed E-state index contributed by atoms with van der Waals surface area (Å²) in [6, 6.07) is 9.15. The Bertz CT molecular complexity index is 1030. The fraction of sp³-hybridized carbons (Fsp3) is 0.435. The third-order valence-electron chi connectivity index (χ3n) is 6.40. The summed E-state index contributed by atoms with van der Waals surface area (Å²) in [6.07, 6.45) is 3.22. The molecule has 6 heteroatoms. The van der Waals surface area contributed by atoms with Crippen molar-refractivity contribution in [1.29, 1.82) is 15.8 Å². The third kappa shape index (κ3) is 3.08. The summed E-state index contributed by atoms with van der Waals surface area (Å²) in [5.74, 6) is -2.75. The number of allylic oxidation sites excluding steroid dienone is 4. The van der Waals surface area contributed by atoms with E-state index in [4.69, 9.17) is 5.73 Å². The van der Waals surface area contributed by atoms with Crippen LogP contribution in [0.1, 0.15) is 45.1 Å². The van der Waals surface area contributed by atoms with E-state index in [1.165, 1.54) is 6.07 Å². The highest BCUT2D eigenvalue weighted by Crippen LogP contribution is 2.58. The fourth-order valence-corrected chi connectivity index (χ4v) is 4.70. The molecule has 0 fully saturated rings. The molecule has 0 heterocycles. The smallest absolute Gasteiger partial charge is 0.191 e. The van der Waals surface area contributed by atoms with Crippen LogP contribution in [0.2, 0.25) is 0 Å². The molecule has 1 aromatic carbocycles. The molecule has 0 aliphatic heterocycles. The van der Waals surface area contributed by atoms with Gasteiger partial charge in [-0.15, -0.1) is 0 Å². The van der Waals surface area contributed by atoms with Gasteiger partial charge >= 0.3 is 0 Å². The van der Waals surface area contributed by atoms with Crippen LogP contribution in [0, 0.1) is 68.3 Å². The third-order valence-corrected chi connectivity index (χ3v) is 6.40. The second-order valence-electron chi connectivity index (χ2n) is 8.88. The number of benzene rings is 1. The molecular formula is C23H22F2N4. The van der Waals surface area contributed by atoms with E-state index < -0.39 is 28.9 Å². The Morgan fingerprint density at radius 2 is 1.79 bits per heavy atom. The normalized spacial score (nSPS) is 25.9. The quantitative estimate of drug-likeness (QED) is 0.740. The van der Waals surface area contributed by atoms with Gasteiger partial charge in [-0.2, -0.15) is 15.8 Å². The van der Waals surface area contributed by atoms with E-state index in [0.717, 1.165) is 18.6 Å². The first-order valence-electron chi connectivity index (χ1n) is 9.49. The van der Waals surface area contributed by atoms with Gasteiger partial charge in [0.2, 0.25) is 0 Å². The van der Waals surface area contributed by atoms with Gasteiger partial charge in [0.1, 0.15) is 17.7 Å². The van der Waals surface area contributed by atoms with Gasteiger partial charge in [-0.05, 0) is 47.3 Å². The number of nitriles is 3. The molecule has 1 aromatic rings. The minimum atomic E-state index is -1.91. The predicted molar refractivity (Wildman–Crippen MR) is 103 cm³/mol. The highest BCUT2D eigenvalue weighted by molar-refractivity contribution is 5.59. The summed E-state index contributed by atoms with van der Waals surface area (Å²) in [7, 11) is 0. The Hall–Kier alpha value is -3.17. The van der Waals surface area contributed by atoms with Crippen LogP contribution in [0.4, 0.5) is 8.78 Å². The van der Waals surface area contributed by atoms with Gasteiger partial charge in [-0.25, -0.2) is 8.78 Å². The van der Waals surface area contributed by atoms with E-state index in [0.29, 0.717) is 12.0 Å². The molecule has 2 aliphatic carbocycles. The SMILES string of the molecule is CC(C)(C)[C@@H]1CC=C2C(C#N)=C(N)C(C#N)(C#N)[C@H](c3ccc(F)cc3F)[C@H]2C1. The maximum atomic E-state index is 14.8. The molecule has 148 valence electrons. The Balaban J connectivity index is 2.34. The minimum absolute atomic E-state index is 0.0601. The van der Waals surface area contributed by atoms with Crippen molar-refractivity contribution in [3.63, 3.8) is 0 Å². The number of nitrogens with zero attached hydrogens (tertiary/aromatic N) is 3. The zero-order valence-corrected chi connectivity index (χ0v) is 16.6. The van der Waals surface area contributed by atoms with Crippen molar-refractivity contribution in [2.75, 3.05) is 0 Å². The van der Waals surface area contributed by atoms with E-state index >= 15 is 0 Å². The van der Waals surface area contributed by atoms with Crippen molar-refractivity contribution in [3.05, 3.63) is 58.3 Å². The van der Waals surface area contributed by atoms with Gasteiger partial charge in [-0.1, -0.05) is 32.9 Å². The molecule has 3 atom stereocenters. The van der Waals surface area contributed by atoms with Gasteiger partial charge in [0, 0.05) is 12.0 Å². The monoisotopic (exact) mass is 392 g/mol. The standard InChI is InChI=1S/C23H22F2N4/c1-22(2,3)13-4-6-15-17(8-13)20(16-7-5-14(24)9-19(16)25)23(11-27,12-28)21(29)18(15)10-26/h5-7,9,13,17,20H,4,8,29H2,1-3H3/t13-,17+,20-/m1/s1. The minimum Gasteiger partial charge on any atom is -0.399 e. The van der Waals surface area contributed by atoms with Crippen LogP contribution in [-0.2, 0) is 0 Å². The van der Waals surface area contributed by atoms with Crippen LogP contribution in [-0.4, -0.2) is 0 Å². The number of hydrogen-bond acceptors (Lipinski definition) is 4. The topological polar surface area (TPSA) is 97.4 Å². The molecular weight excluding hydrogens is 370 g/mol. The fourth-order valence-electron chi connectivity index (χ4n) is 4.70. The molecule has 4 nitrogen and oxygen atoms in total. The Kier molecular flexibility index (Phi) is 4.97. The number of fused-ring (bicyclic) bond motifs is 1. The lowest BCUT2D eigenvalue weighted by Gasteiger charge is -2.47. The first kappa shape index (κ1) is 20.6. The average Bonchev–Trinajstić information content (AvgIpc) is 2.67. The number of rotatable bonds is 1. The van der Waals surface area contributed by atoms with Crippen LogP contribution in [0.15, 0.2) is 41.1 Å². The number of halogens is 2. The Labute approximate surface area is 169 Å². The van der Waals surface area contributed by atoms with Gasteiger partial charge in [0.25, 0.3) is 0 Å². The van der Waals surface area contributed by atoms with Crippen molar-refractivity contribution >= 4 is 0 Å². The molecule has 2 N–H and O–H groups in total. The molecule has 0 aromatic heterocycles. The molecule has 2 aliphatic rings. The molecule has 29 heavy (non-hydrogen) atoms. The molecule has 0 spiro atoms. The lowest BCUT2D eigenvalue weighted by Crippen LogP contribution is -2.44. The summed E-state index contributed by atoms with van der Waals surface area (Å²) >= 11 is 0. The molecule has 0 saturated carbocycles. The van der Waals surface area contributed by atoms with Gasteiger partial charge in [0.15, 0.2) is 5.41 Å². The molecule has 0 unspecified atom stereocenters. The predicted octanol–water partition coefficient (Wildman–Crippen LogP) is 4.83. The summed E-state index contributed by atoms with van der Waals surface area (Å²) < 4.78 is 28.4. The lowest BCUT2D eigenvalue weighted by atomic mass is 9.54. The highest BCUT2D eigenvalue weighted by Gasteiger charge is 2.55. The number of nitrogens with two attached hydrogens (primary N) is 1. The Morgan fingerprint density at radius 3 is 2.31 bits per heavy atom. The summed E-state index contributed by atoms with van der Waals surface area (Å²) in [5.41, 5.74) is 4.92. The highest BCUT2D eigenvalue weighted by atomic mass is 19.1. The average molecular weight is 392 g/mol. The lowest BCUT2D eigenvalue weighted by molar-refractivity contribution is 0.169. The van der Waals surface area contributed by atoms with Gasteiger partial charge in [0.05, 0.1) is 23.4 Å². The van der Waals surface area contributed by atoms with Crippen LogP contribution < -0.4 is 5.73 Å². The second-order valence-corrected chi connectivity index (χ2v) is 8.88. The van der Waals surface area contributed by atoms with Crippen LogP contribution >= 0.6 is 0 Å². The first-order valence-corrected chi connectivity index (χ1v) is 9.49. The molecule has 0 amide bonds. The number of hydrogen-bond donors (Lipinski definition) is 1. The van der Waals surface area contributed by atoms with Crippen molar-refractivity contribution in [2.45, 2.75) is 39.5 Å². The van der Waals surface area contributed by atoms with Crippen molar-refractivity contribution in [3.8, 4) is 18.2 Å². The van der Waals surface area contributed by atoms with E-state index in [2.05, 4.69) is 26.8 Å². The summed E-state index contributed by atoms with van der Waals surface area (Å²) in [5, 5.41) is 29.7. The molecule has 0 radical (unpaired) electrons. The van der Waals surface area contributed by atoms with Gasteiger partial charge < -0.3 is 5.73 Å². The van der Waals surface area contributed by atoms with Crippen LogP contribution in [0.25, 0.3) is 0 Å². The first-order chi connectivity index (χ1) is 13.6. The van der Waals surface area contributed by atoms with Crippen molar-refractivity contribution < 1.29 is 8.78 Å². The van der Waals surface area contributed by atoms with Crippen molar-refractivity contribution in [2.24, 2.45) is 28.4 Å². The van der Waals surface area contributed by atoms with Crippen molar-refractivity contribution in [1.82, 2.24) is 0 Å².